The highest BCUT2D eigenvalue weighted by Crippen LogP contribution is 2.63. The van der Waals surface area contributed by atoms with Crippen molar-refractivity contribution in [3.63, 3.8) is 0 Å². The Morgan fingerprint density at radius 1 is 0.314 bits per heavy atom. The average molecular weight is 651 g/mol. The first-order chi connectivity index (χ1) is 24.8. The largest absolute Gasteiger partial charge is 0.0713 e. The molecule has 11 rings (SSSR count). The van der Waals surface area contributed by atoms with Gasteiger partial charge >= 0.3 is 0 Å². The van der Waals surface area contributed by atoms with E-state index in [1.165, 1.54) is 99.4 Å². The molecule has 0 heteroatoms. The van der Waals surface area contributed by atoms with Gasteiger partial charge in [0.05, 0.1) is 5.41 Å². The van der Waals surface area contributed by atoms with Crippen molar-refractivity contribution in [2.24, 2.45) is 0 Å². The van der Waals surface area contributed by atoms with Gasteiger partial charge in [-0.15, -0.1) is 0 Å². The van der Waals surface area contributed by atoms with Gasteiger partial charge in [-0.3, -0.25) is 0 Å². The predicted molar refractivity (Wildman–Crippen MR) is 214 cm³/mol. The minimum atomic E-state index is -0.484. The van der Waals surface area contributed by atoms with E-state index < -0.39 is 5.41 Å². The van der Waals surface area contributed by atoms with Crippen LogP contribution in [-0.2, 0) is 16.2 Å². The van der Waals surface area contributed by atoms with Gasteiger partial charge in [-0.25, -0.2) is 0 Å². The molecule has 8 aromatic rings. The van der Waals surface area contributed by atoms with Crippen molar-refractivity contribution in [1.82, 2.24) is 0 Å². The summed E-state index contributed by atoms with van der Waals surface area (Å²) in [5.74, 6) is 0. The van der Waals surface area contributed by atoms with E-state index >= 15 is 0 Å². The molecule has 51 heavy (non-hydrogen) atoms. The van der Waals surface area contributed by atoms with Gasteiger partial charge in [0.2, 0.25) is 0 Å². The summed E-state index contributed by atoms with van der Waals surface area (Å²) in [4.78, 5) is 0. The molecule has 0 N–H and O–H groups in total. The van der Waals surface area contributed by atoms with E-state index in [1.807, 2.05) is 0 Å². The standard InChI is InChI=1S/C51H38/c1-49(2)42-26-24-32-16-12-14-22-36(32)48(42)40-29-45-38(28-43(40)49)37-27-39-44(50(3,4)41-25-23-31-15-11-13-21-35(31)47(39)41)30-46(37)51(45,33-17-7-5-8-18-33)34-19-9-6-10-20-34/h5-30H,1-4H3. The van der Waals surface area contributed by atoms with Crippen LogP contribution in [0.1, 0.15) is 72.2 Å². The molecule has 0 nitrogen and oxygen atoms in total. The fourth-order valence-corrected chi connectivity index (χ4v) is 10.5. The Balaban J connectivity index is 1.31. The molecule has 0 aliphatic heterocycles. The number of hydrogen-bond acceptors (Lipinski definition) is 0. The van der Waals surface area contributed by atoms with Gasteiger partial charge in [-0.1, -0.05) is 167 Å². The Morgan fingerprint density at radius 2 is 0.725 bits per heavy atom. The minimum Gasteiger partial charge on any atom is -0.0622 e. The molecule has 0 fully saturated rings. The van der Waals surface area contributed by atoms with Gasteiger partial charge in [-0.2, -0.15) is 0 Å². The molecule has 3 aliphatic carbocycles. The summed E-state index contributed by atoms with van der Waals surface area (Å²) in [7, 11) is 0. The van der Waals surface area contributed by atoms with E-state index in [-0.39, 0.29) is 10.8 Å². The van der Waals surface area contributed by atoms with Crippen LogP contribution in [-0.4, -0.2) is 0 Å². The third kappa shape index (κ3) is 3.50. The summed E-state index contributed by atoms with van der Waals surface area (Å²) < 4.78 is 0. The molecule has 0 unspecified atom stereocenters. The molecule has 0 aromatic heterocycles. The van der Waals surface area contributed by atoms with Gasteiger partial charge in [0.25, 0.3) is 0 Å². The van der Waals surface area contributed by atoms with E-state index in [2.05, 4.69) is 185 Å². The van der Waals surface area contributed by atoms with Crippen molar-refractivity contribution >= 4 is 21.5 Å². The highest BCUT2D eigenvalue weighted by atomic mass is 14.5. The zero-order valence-corrected chi connectivity index (χ0v) is 29.5. The van der Waals surface area contributed by atoms with Crippen molar-refractivity contribution in [3.05, 3.63) is 202 Å². The van der Waals surface area contributed by atoms with Crippen LogP contribution in [0.5, 0.6) is 0 Å². The van der Waals surface area contributed by atoms with E-state index in [0.717, 1.165) is 0 Å². The second-order valence-corrected chi connectivity index (χ2v) is 16.0. The van der Waals surface area contributed by atoms with E-state index in [9.17, 15) is 0 Å². The average Bonchev–Trinajstić information content (AvgIpc) is 3.68. The summed E-state index contributed by atoms with van der Waals surface area (Å²) in [5.41, 5.74) is 18.6. The van der Waals surface area contributed by atoms with E-state index in [0.29, 0.717) is 0 Å². The second kappa shape index (κ2) is 9.74. The third-order valence-electron chi connectivity index (χ3n) is 12.9. The summed E-state index contributed by atoms with van der Waals surface area (Å²) in [6.45, 7) is 9.69. The van der Waals surface area contributed by atoms with Gasteiger partial charge in [-0.05, 0) is 118 Å². The lowest BCUT2D eigenvalue weighted by molar-refractivity contribution is 0.656. The van der Waals surface area contributed by atoms with Crippen LogP contribution < -0.4 is 0 Å². The summed E-state index contributed by atoms with van der Waals surface area (Å²) in [6.07, 6.45) is 0. The Hall–Kier alpha value is -5.72. The highest BCUT2D eigenvalue weighted by molar-refractivity contribution is 6.06. The molecule has 0 heterocycles. The molecule has 0 radical (unpaired) electrons. The van der Waals surface area contributed by atoms with Crippen LogP contribution in [0.15, 0.2) is 158 Å². The Labute approximate surface area is 300 Å². The van der Waals surface area contributed by atoms with Crippen molar-refractivity contribution < 1.29 is 0 Å². The van der Waals surface area contributed by atoms with Gasteiger partial charge < -0.3 is 0 Å². The fourth-order valence-electron chi connectivity index (χ4n) is 10.5. The Bertz CT molecular complexity index is 2740. The number of hydrogen-bond donors (Lipinski definition) is 0. The van der Waals surface area contributed by atoms with Crippen LogP contribution >= 0.6 is 0 Å². The van der Waals surface area contributed by atoms with Crippen LogP contribution in [0, 0.1) is 0 Å². The van der Waals surface area contributed by atoms with Crippen molar-refractivity contribution in [1.29, 1.82) is 0 Å². The first-order valence-corrected chi connectivity index (χ1v) is 18.4. The van der Waals surface area contributed by atoms with Crippen LogP contribution in [0.2, 0.25) is 0 Å². The first kappa shape index (κ1) is 29.1. The predicted octanol–water partition coefficient (Wildman–Crippen LogP) is 13.0. The molecular weight excluding hydrogens is 613 g/mol. The number of benzene rings is 8. The second-order valence-electron chi connectivity index (χ2n) is 16.0. The van der Waals surface area contributed by atoms with Crippen LogP contribution in [0.4, 0.5) is 0 Å². The maximum atomic E-state index is 2.61. The van der Waals surface area contributed by atoms with Crippen LogP contribution in [0.25, 0.3) is 54.9 Å². The molecule has 0 bridgehead atoms. The first-order valence-electron chi connectivity index (χ1n) is 18.4. The smallest absolute Gasteiger partial charge is 0.0622 e. The van der Waals surface area contributed by atoms with E-state index in [4.69, 9.17) is 0 Å². The lowest BCUT2D eigenvalue weighted by atomic mass is 9.66. The zero-order valence-electron chi connectivity index (χ0n) is 29.5. The third-order valence-corrected chi connectivity index (χ3v) is 12.9. The van der Waals surface area contributed by atoms with Crippen molar-refractivity contribution in [3.8, 4) is 33.4 Å². The van der Waals surface area contributed by atoms with Crippen molar-refractivity contribution in [2.75, 3.05) is 0 Å². The molecule has 0 saturated heterocycles. The maximum Gasteiger partial charge on any atom is 0.0713 e. The Kier molecular flexibility index (Phi) is 5.55. The molecular formula is C51H38. The van der Waals surface area contributed by atoms with Gasteiger partial charge in [0.1, 0.15) is 0 Å². The zero-order chi connectivity index (χ0) is 34.3. The summed E-state index contributed by atoms with van der Waals surface area (Å²) >= 11 is 0. The minimum absolute atomic E-state index is 0.129. The fraction of sp³-hybridized carbons (Fsp3) is 0.137. The number of rotatable bonds is 2. The monoisotopic (exact) mass is 650 g/mol. The normalized spacial score (nSPS) is 16.3. The lowest BCUT2D eigenvalue weighted by Crippen LogP contribution is -2.29. The molecule has 0 atom stereocenters. The topological polar surface area (TPSA) is 0 Å². The molecule has 3 aliphatic rings. The quantitative estimate of drug-likeness (QED) is 0.175. The molecule has 242 valence electrons. The van der Waals surface area contributed by atoms with Crippen LogP contribution in [0.3, 0.4) is 0 Å². The lowest BCUT2D eigenvalue weighted by Gasteiger charge is -2.35. The SMILES string of the molecule is CC1(C)c2cc3c(cc2-c2c1ccc1ccccc21)C(c1ccccc1)(c1ccccc1)c1cc2c(cc1-3)-c1c(ccc3ccccc13)C2(C)C. The van der Waals surface area contributed by atoms with Gasteiger partial charge in [0.15, 0.2) is 0 Å². The van der Waals surface area contributed by atoms with E-state index in [1.54, 1.807) is 0 Å². The maximum absolute atomic E-state index is 2.61. The van der Waals surface area contributed by atoms with Crippen molar-refractivity contribution in [2.45, 2.75) is 43.9 Å². The summed E-state index contributed by atoms with van der Waals surface area (Å²) in [6, 6.07) is 60.2. The Morgan fingerprint density at radius 3 is 1.27 bits per heavy atom. The molecule has 0 saturated carbocycles. The van der Waals surface area contributed by atoms with Gasteiger partial charge in [0, 0.05) is 10.8 Å². The number of fused-ring (bicyclic) bond motifs is 13. The molecule has 0 amide bonds. The molecule has 8 aromatic carbocycles. The summed E-state index contributed by atoms with van der Waals surface area (Å²) in [5, 5.41) is 5.28. The molecule has 0 spiro atoms. The highest BCUT2D eigenvalue weighted by Gasteiger charge is 2.50.